The van der Waals surface area contributed by atoms with Crippen molar-refractivity contribution >= 4 is 0 Å². The molecule has 2 atom stereocenters. The Morgan fingerprint density at radius 2 is 1.69 bits per heavy atom. The first-order valence-electron chi connectivity index (χ1n) is 4.26. The first-order valence-corrected chi connectivity index (χ1v) is 4.26. The number of aliphatic hydroxyl groups is 3. The Bertz CT molecular complexity index is 235. The summed E-state index contributed by atoms with van der Waals surface area (Å²) in [5, 5.41) is 27.2. The molecular weight excluding hydrogens is 168 g/mol. The summed E-state index contributed by atoms with van der Waals surface area (Å²) in [6, 6.07) is 9.08. The van der Waals surface area contributed by atoms with E-state index in [1.54, 1.807) is 12.1 Å². The van der Waals surface area contributed by atoms with E-state index in [1.165, 1.54) is 0 Å². The van der Waals surface area contributed by atoms with Crippen LogP contribution in [0, 0.1) is 0 Å². The van der Waals surface area contributed by atoms with E-state index in [-0.39, 0.29) is 13.0 Å². The summed E-state index contributed by atoms with van der Waals surface area (Å²) in [6.07, 6.45) is -1.39. The standard InChI is InChI=1S/C10H14O3/c11-7-9(12)6-10(13)8-4-2-1-3-5-8/h1-5,9-13H,6-7H2. The Labute approximate surface area is 77.3 Å². The first kappa shape index (κ1) is 10.2. The second kappa shape index (κ2) is 4.97. The quantitative estimate of drug-likeness (QED) is 0.634. The predicted molar refractivity (Wildman–Crippen MR) is 49.1 cm³/mol. The summed E-state index contributed by atoms with van der Waals surface area (Å²) in [4.78, 5) is 0. The van der Waals surface area contributed by atoms with Crippen LogP contribution in [0.1, 0.15) is 18.1 Å². The number of hydrogen-bond donors (Lipinski definition) is 3. The topological polar surface area (TPSA) is 60.7 Å². The summed E-state index contributed by atoms with van der Waals surface area (Å²) < 4.78 is 0. The van der Waals surface area contributed by atoms with Crippen molar-refractivity contribution in [2.45, 2.75) is 18.6 Å². The van der Waals surface area contributed by atoms with Gasteiger partial charge in [0.2, 0.25) is 0 Å². The van der Waals surface area contributed by atoms with Crippen molar-refractivity contribution < 1.29 is 15.3 Å². The maximum Gasteiger partial charge on any atom is 0.0815 e. The number of benzene rings is 1. The van der Waals surface area contributed by atoms with Crippen molar-refractivity contribution in [2.75, 3.05) is 6.61 Å². The Hall–Kier alpha value is -0.900. The van der Waals surface area contributed by atoms with Crippen LogP contribution < -0.4 is 0 Å². The molecule has 0 saturated heterocycles. The molecule has 0 aliphatic heterocycles. The third-order valence-corrected chi connectivity index (χ3v) is 1.89. The van der Waals surface area contributed by atoms with E-state index in [9.17, 15) is 5.11 Å². The molecule has 0 aromatic heterocycles. The van der Waals surface area contributed by atoms with E-state index in [2.05, 4.69) is 0 Å². The molecule has 0 aliphatic rings. The van der Waals surface area contributed by atoms with Gasteiger partial charge >= 0.3 is 0 Å². The van der Waals surface area contributed by atoms with Gasteiger partial charge in [-0.05, 0) is 5.56 Å². The molecule has 0 radical (unpaired) electrons. The molecule has 0 amide bonds. The molecule has 0 bridgehead atoms. The highest BCUT2D eigenvalue weighted by Gasteiger charge is 2.12. The van der Waals surface area contributed by atoms with Gasteiger partial charge in [0.05, 0.1) is 18.8 Å². The van der Waals surface area contributed by atoms with Crippen molar-refractivity contribution in [1.82, 2.24) is 0 Å². The lowest BCUT2D eigenvalue weighted by atomic mass is 10.0. The second-order valence-corrected chi connectivity index (χ2v) is 3.00. The molecule has 0 fully saturated rings. The van der Waals surface area contributed by atoms with Gasteiger partial charge in [-0.1, -0.05) is 30.3 Å². The fourth-order valence-electron chi connectivity index (χ4n) is 1.14. The van der Waals surface area contributed by atoms with Crippen molar-refractivity contribution in [3.63, 3.8) is 0 Å². The van der Waals surface area contributed by atoms with Crippen molar-refractivity contribution in [3.8, 4) is 0 Å². The number of aliphatic hydroxyl groups excluding tert-OH is 3. The molecule has 1 aromatic rings. The minimum atomic E-state index is -0.852. The molecule has 0 spiro atoms. The van der Waals surface area contributed by atoms with E-state index in [0.29, 0.717) is 0 Å². The summed E-state index contributed by atoms with van der Waals surface area (Å²) in [7, 11) is 0. The molecule has 1 rings (SSSR count). The maximum absolute atomic E-state index is 9.55. The van der Waals surface area contributed by atoms with Gasteiger partial charge in [-0.2, -0.15) is 0 Å². The molecule has 72 valence electrons. The summed E-state index contributed by atoms with van der Waals surface area (Å²) in [5.41, 5.74) is 0.759. The largest absolute Gasteiger partial charge is 0.394 e. The lowest BCUT2D eigenvalue weighted by Gasteiger charge is -2.13. The van der Waals surface area contributed by atoms with Crippen LogP contribution in [0.25, 0.3) is 0 Å². The second-order valence-electron chi connectivity index (χ2n) is 3.00. The summed E-state index contributed by atoms with van der Waals surface area (Å²) in [6.45, 7) is -0.316. The van der Waals surface area contributed by atoms with Crippen LogP contribution in [0.3, 0.4) is 0 Å². The monoisotopic (exact) mass is 182 g/mol. The lowest BCUT2D eigenvalue weighted by molar-refractivity contribution is 0.0413. The normalized spacial score (nSPS) is 15.3. The van der Waals surface area contributed by atoms with Gasteiger partial charge in [-0.25, -0.2) is 0 Å². The fourth-order valence-corrected chi connectivity index (χ4v) is 1.14. The van der Waals surface area contributed by atoms with Crippen LogP contribution in [0.4, 0.5) is 0 Å². The van der Waals surface area contributed by atoms with Crippen LogP contribution in [0.15, 0.2) is 30.3 Å². The maximum atomic E-state index is 9.55. The van der Waals surface area contributed by atoms with Gasteiger partial charge in [-0.3, -0.25) is 0 Å². The van der Waals surface area contributed by atoms with Crippen LogP contribution in [-0.4, -0.2) is 28.0 Å². The minimum absolute atomic E-state index is 0.167. The van der Waals surface area contributed by atoms with Crippen molar-refractivity contribution in [3.05, 3.63) is 35.9 Å². The van der Waals surface area contributed by atoms with Gasteiger partial charge in [-0.15, -0.1) is 0 Å². The van der Waals surface area contributed by atoms with Crippen LogP contribution in [0.5, 0.6) is 0 Å². The zero-order valence-electron chi connectivity index (χ0n) is 7.30. The summed E-state index contributed by atoms with van der Waals surface area (Å²) in [5.74, 6) is 0. The fraction of sp³-hybridized carbons (Fsp3) is 0.400. The molecule has 0 saturated carbocycles. The molecule has 1 aromatic carbocycles. The Morgan fingerprint density at radius 3 is 2.23 bits per heavy atom. The molecule has 0 aliphatic carbocycles. The third kappa shape index (κ3) is 3.14. The van der Waals surface area contributed by atoms with Gasteiger partial charge in [0, 0.05) is 6.42 Å². The highest BCUT2D eigenvalue weighted by Crippen LogP contribution is 2.17. The average molecular weight is 182 g/mol. The molecular formula is C10H14O3. The first-order chi connectivity index (χ1) is 6.24. The summed E-state index contributed by atoms with van der Waals surface area (Å²) >= 11 is 0. The Kier molecular flexibility index (Phi) is 3.89. The van der Waals surface area contributed by atoms with Crippen molar-refractivity contribution in [1.29, 1.82) is 0 Å². The Balaban J connectivity index is 2.53. The van der Waals surface area contributed by atoms with Gasteiger partial charge in [0.1, 0.15) is 0 Å². The lowest BCUT2D eigenvalue weighted by Crippen LogP contribution is -2.16. The number of rotatable bonds is 4. The van der Waals surface area contributed by atoms with E-state index in [0.717, 1.165) is 5.56 Å². The third-order valence-electron chi connectivity index (χ3n) is 1.89. The molecule has 0 heterocycles. The molecule has 3 nitrogen and oxygen atoms in total. The van der Waals surface area contributed by atoms with Gasteiger partial charge < -0.3 is 15.3 Å². The van der Waals surface area contributed by atoms with Gasteiger partial charge in [0.25, 0.3) is 0 Å². The molecule has 3 heteroatoms. The highest BCUT2D eigenvalue weighted by molar-refractivity contribution is 5.17. The van der Waals surface area contributed by atoms with Crippen LogP contribution in [-0.2, 0) is 0 Å². The van der Waals surface area contributed by atoms with Crippen molar-refractivity contribution in [2.24, 2.45) is 0 Å². The van der Waals surface area contributed by atoms with Crippen LogP contribution in [0.2, 0.25) is 0 Å². The zero-order chi connectivity index (χ0) is 9.68. The molecule has 13 heavy (non-hydrogen) atoms. The van der Waals surface area contributed by atoms with Crippen LogP contribution >= 0.6 is 0 Å². The number of hydrogen-bond acceptors (Lipinski definition) is 3. The van der Waals surface area contributed by atoms with E-state index in [1.807, 2.05) is 18.2 Å². The SMILES string of the molecule is OCC(O)CC(O)c1ccccc1. The molecule has 3 N–H and O–H groups in total. The average Bonchev–Trinajstić information content (AvgIpc) is 2.19. The van der Waals surface area contributed by atoms with Gasteiger partial charge in [0.15, 0.2) is 0 Å². The smallest absolute Gasteiger partial charge is 0.0815 e. The molecule has 2 unspecified atom stereocenters. The van der Waals surface area contributed by atoms with E-state index < -0.39 is 12.2 Å². The highest BCUT2D eigenvalue weighted by atomic mass is 16.3. The van der Waals surface area contributed by atoms with E-state index in [4.69, 9.17) is 10.2 Å². The zero-order valence-corrected chi connectivity index (χ0v) is 7.30. The predicted octanol–water partition coefficient (Wildman–Crippen LogP) is 0.463. The Morgan fingerprint density at radius 1 is 1.08 bits per heavy atom. The minimum Gasteiger partial charge on any atom is -0.394 e. The van der Waals surface area contributed by atoms with E-state index >= 15 is 0 Å².